The maximum absolute atomic E-state index is 11.5. The minimum atomic E-state index is -0.471. The number of esters is 1. The van der Waals surface area contributed by atoms with E-state index >= 15 is 0 Å². The van der Waals surface area contributed by atoms with Crippen molar-refractivity contribution in [3.63, 3.8) is 0 Å². The molecule has 0 atom stereocenters. The standard InChI is InChI=1S/C13H11ClN2O3/c1-7-3-11-10(4-8(7)14)16-5-9(13(17)18-2)15-12(16)6-19-11/h3-5H,6H2,1-2H3. The second-order valence-corrected chi connectivity index (χ2v) is 4.67. The van der Waals surface area contributed by atoms with E-state index in [2.05, 4.69) is 9.72 Å². The van der Waals surface area contributed by atoms with E-state index in [9.17, 15) is 4.79 Å². The zero-order valence-electron chi connectivity index (χ0n) is 10.4. The fraction of sp³-hybridized carbons (Fsp3) is 0.231. The topological polar surface area (TPSA) is 53.4 Å². The van der Waals surface area contributed by atoms with Crippen molar-refractivity contribution < 1.29 is 14.3 Å². The fourth-order valence-electron chi connectivity index (χ4n) is 2.02. The first-order chi connectivity index (χ1) is 9.10. The van der Waals surface area contributed by atoms with Crippen LogP contribution in [0, 0.1) is 6.92 Å². The Morgan fingerprint density at radius 1 is 1.53 bits per heavy atom. The van der Waals surface area contributed by atoms with Crippen LogP contribution in [0.25, 0.3) is 5.69 Å². The molecule has 0 aliphatic carbocycles. The lowest BCUT2D eigenvalue weighted by Gasteiger charge is -2.20. The van der Waals surface area contributed by atoms with Crippen LogP contribution in [-0.2, 0) is 11.3 Å². The summed E-state index contributed by atoms with van der Waals surface area (Å²) in [6.07, 6.45) is 1.63. The van der Waals surface area contributed by atoms with Crippen LogP contribution < -0.4 is 4.74 Å². The number of hydrogen-bond acceptors (Lipinski definition) is 4. The number of hydrogen-bond donors (Lipinski definition) is 0. The lowest BCUT2D eigenvalue weighted by molar-refractivity contribution is 0.0594. The van der Waals surface area contributed by atoms with E-state index in [1.54, 1.807) is 16.8 Å². The van der Waals surface area contributed by atoms with Crippen LogP contribution in [-0.4, -0.2) is 22.6 Å². The van der Waals surface area contributed by atoms with Crippen molar-refractivity contribution in [2.24, 2.45) is 0 Å². The van der Waals surface area contributed by atoms with Gasteiger partial charge in [0.2, 0.25) is 0 Å². The number of aryl methyl sites for hydroxylation is 1. The predicted molar refractivity (Wildman–Crippen MR) is 69.0 cm³/mol. The highest BCUT2D eigenvalue weighted by atomic mass is 35.5. The summed E-state index contributed by atoms with van der Waals surface area (Å²) in [5.41, 5.74) is 1.97. The van der Waals surface area contributed by atoms with Gasteiger partial charge < -0.3 is 9.47 Å². The Bertz CT molecular complexity index is 679. The third kappa shape index (κ3) is 1.86. The zero-order chi connectivity index (χ0) is 13.6. The van der Waals surface area contributed by atoms with Crippen molar-refractivity contribution in [3.05, 3.63) is 40.4 Å². The Hall–Kier alpha value is -2.01. The molecule has 2 aromatic rings. The molecule has 0 N–H and O–H groups in total. The van der Waals surface area contributed by atoms with Gasteiger partial charge in [-0.25, -0.2) is 9.78 Å². The van der Waals surface area contributed by atoms with Crippen LogP contribution in [0.15, 0.2) is 18.3 Å². The van der Waals surface area contributed by atoms with Crippen LogP contribution in [0.3, 0.4) is 0 Å². The van der Waals surface area contributed by atoms with E-state index in [0.717, 1.165) is 17.0 Å². The smallest absolute Gasteiger partial charge is 0.358 e. The van der Waals surface area contributed by atoms with Crippen LogP contribution in [0.1, 0.15) is 21.9 Å². The summed E-state index contributed by atoms with van der Waals surface area (Å²) in [6, 6.07) is 3.68. The average Bonchev–Trinajstić information content (AvgIpc) is 2.84. The zero-order valence-corrected chi connectivity index (χ0v) is 11.2. The van der Waals surface area contributed by atoms with E-state index in [1.807, 2.05) is 13.0 Å². The number of ether oxygens (including phenoxy) is 2. The maximum Gasteiger partial charge on any atom is 0.358 e. The highest BCUT2D eigenvalue weighted by molar-refractivity contribution is 6.31. The van der Waals surface area contributed by atoms with Gasteiger partial charge in [0.1, 0.15) is 12.4 Å². The molecule has 1 aliphatic rings. The molecule has 0 radical (unpaired) electrons. The summed E-state index contributed by atoms with van der Waals surface area (Å²) in [5.74, 6) is 0.901. The SMILES string of the molecule is COC(=O)c1cn2c(n1)COc1cc(C)c(Cl)cc1-2. The van der Waals surface area contributed by atoms with Crippen LogP contribution in [0.2, 0.25) is 5.02 Å². The highest BCUT2D eigenvalue weighted by Gasteiger charge is 2.22. The van der Waals surface area contributed by atoms with Crippen LogP contribution >= 0.6 is 11.6 Å². The molecule has 5 nitrogen and oxygen atoms in total. The fourth-order valence-corrected chi connectivity index (χ4v) is 2.18. The predicted octanol–water partition coefficient (Wildman–Crippen LogP) is 2.51. The van der Waals surface area contributed by atoms with Gasteiger partial charge in [-0.2, -0.15) is 0 Å². The van der Waals surface area contributed by atoms with Gasteiger partial charge in [0.25, 0.3) is 0 Å². The molecule has 0 amide bonds. The lowest BCUT2D eigenvalue weighted by atomic mass is 10.2. The lowest BCUT2D eigenvalue weighted by Crippen LogP contribution is -2.12. The van der Waals surface area contributed by atoms with Crippen molar-refractivity contribution in [2.45, 2.75) is 13.5 Å². The minimum Gasteiger partial charge on any atom is -0.483 e. The number of methoxy groups -OCH3 is 1. The van der Waals surface area contributed by atoms with E-state index in [1.165, 1.54) is 7.11 Å². The monoisotopic (exact) mass is 278 g/mol. The van der Waals surface area contributed by atoms with Gasteiger partial charge in [0, 0.05) is 11.2 Å². The van der Waals surface area contributed by atoms with Gasteiger partial charge >= 0.3 is 5.97 Å². The number of fused-ring (bicyclic) bond motifs is 3. The number of rotatable bonds is 1. The molecule has 0 bridgehead atoms. The summed E-state index contributed by atoms with van der Waals surface area (Å²) in [5, 5.41) is 0.642. The molecule has 3 rings (SSSR count). The first-order valence-electron chi connectivity index (χ1n) is 5.70. The Morgan fingerprint density at radius 3 is 3.05 bits per heavy atom. The number of carbonyl (C=O) groups is 1. The normalized spacial score (nSPS) is 12.4. The third-order valence-corrected chi connectivity index (χ3v) is 3.44. The second kappa shape index (κ2) is 4.28. The van der Waals surface area contributed by atoms with Crippen molar-refractivity contribution >= 4 is 17.6 Å². The van der Waals surface area contributed by atoms with Gasteiger partial charge in [0.05, 0.1) is 12.8 Å². The molecule has 6 heteroatoms. The molecule has 1 aromatic heterocycles. The average molecular weight is 279 g/mol. The number of halogens is 1. The highest BCUT2D eigenvalue weighted by Crippen LogP contribution is 2.34. The number of benzene rings is 1. The summed E-state index contributed by atoms with van der Waals surface area (Å²) in [7, 11) is 1.32. The Labute approximate surface area is 114 Å². The van der Waals surface area contributed by atoms with Crippen molar-refractivity contribution in [1.29, 1.82) is 0 Å². The number of aromatic nitrogens is 2. The molecule has 0 fully saturated rings. The molecule has 1 aromatic carbocycles. The number of nitrogens with zero attached hydrogens (tertiary/aromatic N) is 2. The van der Waals surface area contributed by atoms with Crippen molar-refractivity contribution in [2.75, 3.05) is 7.11 Å². The molecular weight excluding hydrogens is 268 g/mol. The molecule has 2 heterocycles. The van der Waals surface area contributed by atoms with Gasteiger partial charge in [-0.1, -0.05) is 11.6 Å². The molecule has 1 aliphatic heterocycles. The van der Waals surface area contributed by atoms with Gasteiger partial charge in [-0.05, 0) is 24.6 Å². The van der Waals surface area contributed by atoms with Gasteiger partial charge in [0.15, 0.2) is 11.5 Å². The molecule has 19 heavy (non-hydrogen) atoms. The van der Waals surface area contributed by atoms with Crippen molar-refractivity contribution in [1.82, 2.24) is 9.55 Å². The first kappa shape index (κ1) is 12.0. The Balaban J connectivity index is 2.15. The molecule has 0 spiro atoms. The van der Waals surface area contributed by atoms with Gasteiger partial charge in [-0.15, -0.1) is 0 Å². The summed E-state index contributed by atoms with van der Waals surface area (Å²) < 4.78 is 12.1. The van der Waals surface area contributed by atoms with Crippen LogP contribution in [0.5, 0.6) is 5.75 Å². The Kier molecular flexibility index (Phi) is 2.71. The van der Waals surface area contributed by atoms with Crippen molar-refractivity contribution in [3.8, 4) is 11.4 Å². The second-order valence-electron chi connectivity index (χ2n) is 4.26. The third-order valence-electron chi connectivity index (χ3n) is 3.03. The summed E-state index contributed by atoms with van der Waals surface area (Å²) in [6.45, 7) is 2.22. The van der Waals surface area contributed by atoms with E-state index in [0.29, 0.717) is 17.5 Å². The Morgan fingerprint density at radius 2 is 2.32 bits per heavy atom. The van der Waals surface area contributed by atoms with Crippen LogP contribution in [0.4, 0.5) is 0 Å². The molecule has 98 valence electrons. The van der Waals surface area contributed by atoms with Gasteiger partial charge in [-0.3, -0.25) is 4.57 Å². The molecule has 0 saturated carbocycles. The first-order valence-corrected chi connectivity index (χ1v) is 6.08. The number of carbonyl (C=O) groups excluding carboxylic acids is 1. The minimum absolute atomic E-state index is 0.255. The van der Waals surface area contributed by atoms with E-state index < -0.39 is 5.97 Å². The largest absolute Gasteiger partial charge is 0.483 e. The molecular formula is C13H11ClN2O3. The van der Waals surface area contributed by atoms with E-state index in [-0.39, 0.29) is 5.69 Å². The summed E-state index contributed by atoms with van der Waals surface area (Å²) >= 11 is 6.13. The summed E-state index contributed by atoms with van der Waals surface area (Å²) in [4.78, 5) is 15.7. The number of imidazole rings is 1. The maximum atomic E-state index is 11.5. The molecule has 0 unspecified atom stereocenters. The molecule has 0 saturated heterocycles. The quantitative estimate of drug-likeness (QED) is 0.752. The van der Waals surface area contributed by atoms with E-state index in [4.69, 9.17) is 16.3 Å².